The first kappa shape index (κ1) is 39.0. The molecule has 2 heteroatoms. The average molecular weight is 561 g/mol. The summed E-state index contributed by atoms with van der Waals surface area (Å²) in [6, 6.07) is 0. The molecule has 0 bridgehead atoms. The minimum absolute atomic E-state index is 0.0172. The van der Waals surface area contributed by atoms with Crippen molar-refractivity contribution < 1.29 is 9.53 Å². The molecule has 0 saturated heterocycles. The summed E-state index contributed by atoms with van der Waals surface area (Å²) in [5.74, 6) is 0.0172. The first-order valence-corrected chi connectivity index (χ1v) is 18.3. The quantitative estimate of drug-likeness (QED) is 0.0453. The highest BCUT2D eigenvalue weighted by Gasteiger charge is 2.02. The van der Waals surface area contributed by atoms with Gasteiger partial charge in [0.2, 0.25) is 0 Å². The molecule has 0 amide bonds. The van der Waals surface area contributed by atoms with E-state index in [2.05, 4.69) is 38.2 Å². The largest absolute Gasteiger partial charge is 0.466 e. The van der Waals surface area contributed by atoms with Crippen molar-refractivity contribution in [2.45, 2.75) is 206 Å². The third-order valence-corrected chi connectivity index (χ3v) is 8.09. The van der Waals surface area contributed by atoms with E-state index < -0.39 is 0 Å². The fourth-order valence-corrected chi connectivity index (χ4v) is 5.34. The standard InChI is InChI=1S/C38H72O2/c1-3-5-7-9-11-13-15-17-19-21-22-24-26-28-30-32-34-36-38(39)40-37-35-33-31-29-27-25-23-20-18-16-14-12-10-8-6-4-2/h12,14,18,20H,3-11,13,15-17,19,21-37H2,1-2H3/b14-12-,20-18-. The fourth-order valence-electron chi connectivity index (χ4n) is 5.34. The van der Waals surface area contributed by atoms with Crippen LogP contribution >= 0.6 is 0 Å². The predicted molar refractivity (Wildman–Crippen MR) is 179 cm³/mol. The summed E-state index contributed by atoms with van der Waals surface area (Å²) in [4.78, 5) is 11.9. The average Bonchev–Trinajstić information content (AvgIpc) is 2.96. The Morgan fingerprint density at radius 3 is 1.25 bits per heavy atom. The van der Waals surface area contributed by atoms with Crippen molar-refractivity contribution in [3.8, 4) is 0 Å². The van der Waals surface area contributed by atoms with Crippen LogP contribution in [0.1, 0.15) is 206 Å². The molecule has 0 heterocycles. The Hall–Kier alpha value is -1.05. The van der Waals surface area contributed by atoms with E-state index in [1.165, 1.54) is 167 Å². The molecule has 236 valence electrons. The van der Waals surface area contributed by atoms with Gasteiger partial charge in [-0.1, -0.05) is 179 Å². The molecule has 0 saturated carbocycles. The first-order valence-electron chi connectivity index (χ1n) is 18.3. The van der Waals surface area contributed by atoms with E-state index >= 15 is 0 Å². The summed E-state index contributed by atoms with van der Waals surface area (Å²) in [6.45, 7) is 5.17. The Balaban J connectivity index is 3.21. The number of hydrogen-bond acceptors (Lipinski definition) is 2. The molecule has 0 spiro atoms. The van der Waals surface area contributed by atoms with Gasteiger partial charge < -0.3 is 4.74 Å². The van der Waals surface area contributed by atoms with Crippen LogP contribution in [0, 0.1) is 0 Å². The van der Waals surface area contributed by atoms with Gasteiger partial charge in [0.15, 0.2) is 0 Å². The summed E-state index contributed by atoms with van der Waals surface area (Å²) in [7, 11) is 0. The molecule has 0 rings (SSSR count). The van der Waals surface area contributed by atoms with Gasteiger partial charge in [-0.3, -0.25) is 4.79 Å². The highest BCUT2D eigenvalue weighted by Crippen LogP contribution is 2.15. The predicted octanol–water partition coefficient (Wildman–Crippen LogP) is 13.4. The second kappa shape index (κ2) is 36.0. The Bertz CT molecular complexity index is 536. The van der Waals surface area contributed by atoms with Gasteiger partial charge in [-0.25, -0.2) is 0 Å². The Morgan fingerprint density at radius 1 is 0.425 bits per heavy atom. The lowest BCUT2D eigenvalue weighted by Gasteiger charge is -2.05. The Labute approximate surface area is 252 Å². The topological polar surface area (TPSA) is 26.3 Å². The lowest BCUT2D eigenvalue weighted by Crippen LogP contribution is -2.05. The number of esters is 1. The molecule has 40 heavy (non-hydrogen) atoms. The molecule has 0 aromatic heterocycles. The van der Waals surface area contributed by atoms with Crippen molar-refractivity contribution in [2.24, 2.45) is 0 Å². The molecule has 0 aromatic rings. The van der Waals surface area contributed by atoms with Gasteiger partial charge in [0.1, 0.15) is 0 Å². The van der Waals surface area contributed by atoms with Crippen molar-refractivity contribution >= 4 is 5.97 Å². The van der Waals surface area contributed by atoms with Crippen LogP contribution in [0.15, 0.2) is 24.3 Å². The van der Waals surface area contributed by atoms with Gasteiger partial charge in [-0.05, 0) is 44.9 Å². The number of carbonyl (C=O) groups is 1. The molecule has 0 aliphatic rings. The number of rotatable bonds is 33. The number of unbranched alkanes of at least 4 members (excludes halogenated alkanes) is 25. The lowest BCUT2D eigenvalue weighted by atomic mass is 10.0. The van der Waals surface area contributed by atoms with Crippen LogP contribution in [-0.2, 0) is 9.53 Å². The Morgan fingerprint density at radius 2 is 0.775 bits per heavy atom. The zero-order valence-corrected chi connectivity index (χ0v) is 27.5. The maximum Gasteiger partial charge on any atom is 0.305 e. The molecule has 0 aliphatic carbocycles. The number of carbonyl (C=O) groups excluding carboxylic acids is 1. The zero-order chi connectivity index (χ0) is 29.0. The highest BCUT2D eigenvalue weighted by atomic mass is 16.5. The van der Waals surface area contributed by atoms with E-state index in [1.54, 1.807) is 0 Å². The minimum Gasteiger partial charge on any atom is -0.466 e. The van der Waals surface area contributed by atoms with Crippen molar-refractivity contribution in [1.29, 1.82) is 0 Å². The normalized spacial score (nSPS) is 11.8. The van der Waals surface area contributed by atoms with Gasteiger partial charge >= 0.3 is 5.97 Å². The van der Waals surface area contributed by atoms with Gasteiger partial charge in [-0.15, -0.1) is 0 Å². The van der Waals surface area contributed by atoms with E-state index in [0.717, 1.165) is 19.3 Å². The molecule has 0 aromatic carbocycles. The second-order valence-corrected chi connectivity index (χ2v) is 12.2. The van der Waals surface area contributed by atoms with Gasteiger partial charge in [-0.2, -0.15) is 0 Å². The first-order chi connectivity index (χ1) is 19.8. The third kappa shape index (κ3) is 35.0. The second-order valence-electron chi connectivity index (χ2n) is 12.2. The van der Waals surface area contributed by atoms with Crippen molar-refractivity contribution in [2.75, 3.05) is 6.61 Å². The molecule has 0 aliphatic heterocycles. The summed E-state index contributed by atoms with van der Waals surface area (Å²) in [5.41, 5.74) is 0. The van der Waals surface area contributed by atoms with E-state index in [1.807, 2.05) is 0 Å². The number of hydrogen-bond donors (Lipinski definition) is 0. The summed E-state index contributed by atoms with van der Waals surface area (Å²) >= 11 is 0. The highest BCUT2D eigenvalue weighted by molar-refractivity contribution is 5.69. The van der Waals surface area contributed by atoms with Crippen molar-refractivity contribution in [3.63, 3.8) is 0 Å². The van der Waals surface area contributed by atoms with Crippen molar-refractivity contribution in [1.82, 2.24) is 0 Å². The molecular weight excluding hydrogens is 488 g/mol. The van der Waals surface area contributed by atoms with Crippen LogP contribution in [0.3, 0.4) is 0 Å². The van der Waals surface area contributed by atoms with Gasteiger partial charge in [0, 0.05) is 6.42 Å². The molecule has 0 atom stereocenters. The molecular formula is C38H72O2. The van der Waals surface area contributed by atoms with E-state index in [0.29, 0.717) is 13.0 Å². The monoisotopic (exact) mass is 561 g/mol. The third-order valence-electron chi connectivity index (χ3n) is 8.09. The van der Waals surface area contributed by atoms with Crippen LogP contribution in [0.5, 0.6) is 0 Å². The zero-order valence-electron chi connectivity index (χ0n) is 27.5. The fraction of sp³-hybridized carbons (Fsp3) is 0.868. The number of allylic oxidation sites excluding steroid dienone is 4. The SMILES string of the molecule is CCCCC/C=C\C/C=C\CCCCCCCCOC(=O)CCCCCCCCCCCCCCCCCCC. The molecule has 0 N–H and O–H groups in total. The molecule has 2 nitrogen and oxygen atoms in total. The van der Waals surface area contributed by atoms with Crippen molar-refractivity contribution in [3.05, 3.63) is 24.3 Å². The molecule has 0 radical (unpaired) electrons. The minimum atomic E-state index is 0.0172. The molecule has 0 fully saturated rings. The van der Waals surface area contributed by atoms with Crippen LogP contribution in [-0.4, -0.2) is 12.6 Å². The van der Waals surface area contributed by atoms with E-state index in [4.69, 9.17) is 4.74 Å². The summed E-state index contributed by atoms with van der Waals surface area (Å²) < 4.78 is 5.44. The smallest absolute Gasteiger partial charge is 0.305 e. The van der Waals surface area contributed by atoms with Gasteiger partial charge in [0.05, 0.1) is 6.61 Å². The van der Waals surface area contributed by atoms with Crippen LogP contribution in [0.4, 0.5) is 0 Å². The van der Waals surface area contributed by atoms with E-state index in [9.17, 15) is 4.79 Å². The Kier molecular flexibility index (Phi) is 35.0. The van der Waals surface area contributed by atoms with E-state index in [-0.39, 0.29) is 5.97 Å². The number of ether oxygens (including phenoxy) is 1. The molecule has 0 unspecified atom stereocenters. The van der Waals surface area contributed by atoms with Crippen LogP contribution in [0.2, 0.25) is 0 Å². The van der Waals surface area contributed by atoms with Crippen LogP contribution < -0.4 is 0 Å². The lowest BCUT2D eigenvalue weighted by molar-refractivity contribution is -0.143. The summed E-state index contributed by atoms with van der Waals surface area (Å²) in [6.07, 6.45) is 48.1. The maximum atomic E-state index is 11.9. The maximum absolute atomic E-state index is 11.9. The van der Waals surface area contributed by atoms with Crippen LogP contribution in [0.25, 0.3) is 0 Å². The van der Waals surface area contributed by atoms with Gasteiger partial charge in [0.25, 0.3) is 0 Å². The summed E-state index contributed by atoms with van der Waals surface area (Å²) in [5, 5.41) is 0.